The van der Waals surface area contributed by atoms with Gasteiger partial charge in [-0.15, -0.1) is 5.10 Å². The molecule has 10 heteroatoms. The molecule has 0 aliphatic heterocycles. The predicted molar refractivity (Wildman–Crippen MR) is 108 cm³/mol. The highest BCUT2D eigenvalue weighted by Crippen LogP contribution is 2.39. The SMILES string of the molecule is CCOC(=O)c1c(C(F)(F)c2ccc(Cl)c(Cl)c2)nnn1Cc1ccc(OC)cc1. The first kappa shape index (κ1) is 22.0. The van der Waals surface area contributed by atoms with Crippen molar-refractivity contribution in [2.75, 3.05) is 13.7 Å². The first-order valence-corrected chi connectivity index (χ1v) is 9.60. The number of aromatic nitrogens is 3. The molecule has 0 aliphatic rings. The van der Waals surface area contributed by atoms with E-state index in [1.54, 1.807) is 31.2 Å². The summed E-state index contributed by atoms with van der Waals surface area (Å²) in [7, 11) is 1.53. The van der Waals surface area contributed by atoms with Crippen LogP contribution in [0.25, 0.3) is 0 Å². The summed E-state index contributed by atoms with van der Waals surface area (Å²) in [6.07, 6.45) is 0. The lowest BCUT2D eigenvalue weighted by molar-refractivity contribution is 0.0315. The maximum atomic E-state index is 15.3. The lowest BCUT2D eigenvalue weighted by Crippen LogP contribution is -2.23. The van der Waals surface area contributed by atoms with Gasteiger partial charge in [0.2, 0.25) is 0 Å². The molecule has 0 atom stereocenters. The van der Waals surface area contributed by atoms with Crippen molar-refractivity contribution in [3.8, 4) is 5.75 Å². The monoisotopic (exact) mass is 455 g/mol. The number of alkyl halides is 2. The van der Waals surface area contributed by atoms with Crippen molar-refractivity contribution in [1.82, 2.24) is 15.0 Å². The molecular formula is C20H17Cl2F2N3O3. The van der Waals surface area contributed by atoms with E-state index in [2.05, 4.69) is 10.3 Å². The summed E-state index contributed by atoms with van der Waals surface area (Å²) in [5.41, 5.74) is -1.04. The minimum atomic E-state index is -3.66. The molecule has 0 amide bonds. The topological polar surface area (TPSA) is 66.2 Å². The molecule has 0 radical (unpaired) electrons. The van der Waals surface area contributed by atoms with Crippen molar-refractivity contribution >= 4 is 29.2 Å². The second-order valence-electron chi connectivity index (χ2n) is 6.22. The van der Waals surface area contributed by atoms with Gasteiger partial charge in [0.25, 0.3) is 0 Å². The Kier molecular flexibility index (Phi) is 6.58. The molecule has 158 valence electrons. The van der Waals surface area contributed by atoms with Crippen molar-refractivity contribution in [1.29, 1.82) is 0 Å². The van der Waals surface area contributed by atoms with Crippen LogP contribution in [0.3, 0.4) is 0 Å². The van der Waals surface area contributed by atoms with Gasteiger partial charge in [0.1, 0.15) is 5.75 Å². The van der Waals surface area contributed by atoms with Crippen LogP contribution in [0.5, 0.6) is 5.75 Å². The Bertz CT molecular complexity index is 1060. The molecule has 0 unspecified atom stereocenters. The molecule has 30 heavy (non-hydrogen) atoms. The Balaban J connectivity index is 2.05. The van der Waals surface area contributed by atoms with E-state index in [-0.39, 0.29) is 23.2 Å². The minimum absolute atomic E-state index is 0.00430. The second-order valence-corrected chi connectivity index (χ2v) is 7.03. The van der Waals surface area contributed by atoms with Crippen LogP contribution >= 0.6 is 23.2 Å². The fourth-order valence-corrected chi connectivity index (χ4v) is 3.07. The molecule has 2 aromatic carbocycles. The van der Waals surface area contributed by atoms with Gasteiger partial charge in [-0.1, -0.05) is 46.6 Å². The summed E-state index contributed by atoms with van der Waals surface area (Å²) >= 11 is 11.7. The van der Waals surface area contributed by atoms with Crippen molar-refractivity contribution < 1.29 is 23.0 Å². The number of carbonyl (C=O) groups excluding carboxylic acids is 1. The number of rotatable bonds is 7. The summed E-state index contributed by atoms with van der Waals surface area (Å²) in [5, 5.41) is 7.48. The number of ether oxygens (including phenoxy) is 2. The lowest BCUT2D eigenvalue weighted by atomic mass is 10.0. The van der Waals surface area contributed by atoms with E-state index >= 15 is 8.78 Å². The van der Waals surface area contributed by atoms with E-state index in [1.165, 1.54) is 13.2 Å². The fraction of sp³-hybridized carbons (Fsp3) is 0.250. The number of nitrogens with zero attached hydrogens (tertiary/aromatic N) is 3. The zero-order valence-corrected chi connectivity index (χ0v) is 17.5. The molecule has 0 saturated heterocycles. The maximum Gasteiger partial charge on any atom is 0.358 e. The van der Waals surface area contributed by atoms with Gasteiger partial charge in [-0.2, -0.15) is 8.78 Å². The average molecular weight is 456 g/mol. The molecule has 0 fully saturated rings. The largest absolute Gasteiger partial charge is 0.497 e. The number of esters is 1. The summed E-state index contributed by atoms with van der Waals surface area (Å²) in [4.78, 5) is 12.5. The average Bonchev–Trinajstić information content (AvgIpc) is 3.15. The van der Waals surface area contributed by atoms with Gasteiger partial charge >= 0.3 is 11.9 Å². The van der Waals surface area contributed by atoms with Gasteiger partial charge in [0.05, 0.1) is 30.3 Å². The molecule has 1 heterocycles. The quantitative estimate of drug-likeness (QED) is 0.471. The highest BCUT2D eigenvalue weighted by Gasteiger charge is 2.43. The van der Waals surface area contributed by atoms with E-state index in [0.29, 0.717) is 11.3 Å². The number of halogens is 4. The molecular weight excluding hydrogens is 439 g/mol. The van der Waals surface area contributed by atoms with E-state index in [1.807, 2.05) is 0 Å². The molecule has 0 N–H and O–H groups in total. The molecule has 6 nitrogen and oxygen atoms in total. The zero-order chi connectivity index (χ0) is 21.9. The highest BCUT2D eigenvalue weighted by molar-refractivity contribution is 6.42. The number of methoxy groups -OCH3 is 1. The van der Waals surface area contributed by atoms with Crippen LogP contribution in [0.4, 0.5) is 8.78 Å². The summed E-state index contributed by atoms with van der Waals surface area (Å²) < 4.78 is 41.7. The van der Waals surface area contributed by atoms with Crippen LogP contribution in [0.15, 0.2) is 42.5 Å². The normalized spacial score (nSPS) is 11.4. The van der Waals surface area contributed by atoms with Crippen LogP contribution in [0.1, 0.15) is 34.2 Å². The van der Waals surface area contributed by atoms with Crippen LogP contribution < -0.4 is 4.74 Å². The number of hydrogen-bond donors (Lipinski definition) is 0. The third kappa shape index (κ3) is 4.39. The van der Waals surface area contributed by atoms with E-state index < -0.39 is 28.8 Å². The molecule has 0 aliphatic carbocycles. The third-order valence-corrected chi connectivity index (χ3v) is 5.01. The summed E-state index contributed by atoms with van der Waals surface area (Å²) in [6.45, 7) is 1.61. The van der Waals surface area contributed by atoms with Gasteiger partial charge in [-0.05, 0) is 36.8 Å². The predicted octanol–water partition coefficient (Wildman–Crippen LogP) is 4.96. The lowest BCUT2D eigenvalue weighted by Gasteiger charge is -2.16. The summed E-state index contributed by atoms with van der Waals surface area (Å²) in [5.74, 6) is -3.98. The van der Waals surface area contributed by atoms with Crippen LogP contribution in [-0.2, 0) is 17.2 Å². The zero-order valence-electron chi connectivity index (χ0n) is 16.0. The molecule has 1 aromatic heterocycles. The highest BCUT2D eigenvalue weighted by atomic mass is 35.5. The van der Waals surface area contributed by atoms with E-state index in [4.69, 9.17) is 32.7 Å². The molecule has 0 spiro atoms. The van der Waals surface area contributed by atoms with Gasteiger partial charge < -0.3 is 9.47 Å². The minimum Gasteiger partial charge on any atom is -0.497 e. The smallest absolute Gasteiger partial charge is 0.358 e. The fourth-order valence-electron chi connectivity index (χ4n) is 2.77. The molecule has 0 saturated carbocycles. The van der Waals surface area contributed by atoms with E-state index in [0.717, 1.165) is 16.8 Å². The van der Waals surface area contributed by atoms with E-state index in [9.17, 15) is 4.79 Å². The van der Waals surface area contributed by atoms with Gasteiger partial charge in [-0.3, -0.25) is 0 Å². The van der Waals surface area contributed by atoms with Crippen molar-refractivity contribution in [3.05, 3.63) is 75.0 Å². The maximum absolute atomic E-state index is 15.3. The van der Waals surface area contributed by atoms with Crippen LogP contribution in [0, 0.1) is 0 Å². The standard InChI is InChI=1S/C20H17Cl2F2N3O3/c1-3-30-19(28)17-18(20(23,24)13-6-9-15(21)16(22)10-13)25-26-27(17)11-12-4-7-14(29-2)8-5-12/h4-10H,3,11H2,1-2H3. The number of benzene rings is 2. The Labute approximate surface area is 181 Å². The second kappa shape index (κ2) is 8.97. The van der Waals surface area contributed by atoms with Gasteiger partial charge in [0, 0.05) is 5.56 Å². The Morgan fingerprint density at radius 2 is 1.83 bits per heavy atom. The van der Waals surface area contributed by atoms with Crippen molar-refractivity contribution in [3.63, 3.8) is 0 Å². The first-order valence-electron chi connectivity index (χ1n) is 8.85. The first-order chi connectivity index (χ1) is 14.3. The Morgan fingerprint density at radius 3 is 2.43 bits per heavy atom. The molecule has 3 rings (SSSR count). The number of carbonyl (C=O) groups is 1. The van der Waals surface area contributed by atoms with Crippen molar-refractivity contribution in [2.24, 2.45) is 0 Å². The third-order valence-electron chi connectivity index (χ3n) is 4.27. The van der Waals surface area contributed by atoms with Gasteiger partial charge in [-0.25, -0.2) is 9.48 Å². The van der Waals surface area contributed by atoms with Crippen LogP contribution in [0.2, 0.25) is 10.0 Å². The van der Waals surface area contributed by atoms with Crippen LogP contribution in [-0.4, -0.2) is 34.7 Å². The molecule has 0 bridgehead atoms. The Hall–Kier alpha value is -2.71. The van der Waals surface area contributed by atoms with Gasteiger partial charge in [0.15, 0.2) is 11.4 Å². The number of hydrogen-bond acceptors (Lipinski definition) is 5. The Morgan fingerprint density at radius 1 is 1.13 bits per heavy atom. The summed E-state index contributed by atoms with van der Waals surface area (Å²) in [6, 6.07) is 10.3. The van der Waals surface area contributed by atoms with Crippen molar-refractivity contribution in [2.45, 2.75) is 19.4 Å². The molecule has 3 aromatic rings.